The number of aryl methyl sites for hydroxylation is 1. The standard InChI is InChI=1S/C15H17N5/c1-11-13(18-9-8-17-11)15(2)10-19-14(16)20(15)12-6-4-3-5-7-12/h3-9H,10H2,1-2H3,(H2,16,19). The zero-order chi connectivity index (χ0) is 14.2. The lowest BCUT2D eigenvalue weighted by molar-refractivity contribution is 0.508. The fourth-order valence-electron chi connectivity index (χ4n) is 2.74. The molecule has 1 aromatic heterocycles. The Balaban J connectivity index is 2.12. The third-order valence-electron chi connectivity index (χ3n) is 3.68. The molecule has 0 saturated heterocycles. The van der Waals surface area contributed by atoms with E-state index in [0.29, 0.717) is 12.5 Å². The number of rotatable bonds is 2. The van der Waals surface area contributed by atoms with Gasteiger partial charge in [0.1, 0.15) is 5.54 Å². The summed E-state index contributed by atoms with van der Waals surface area (Å²) in [6, 6.07) is 10.0. The molecule has 0 aliphatic carbocycles. The molecular weight excluding hydrogens is 250 g/mol. The summed E-state index contributed by atoms with van der Waals surface area (Å²) in [4.78, 5) is 15.3. The number of nitrogens with two attached hydrogens (primary N) is 1. The van der Waals surface area contributed by atoms with Gasteiger partial charge in [-0.25, -0.2) is 0 Å². The van der Waals surface area contributed by atoms with Gasteiger partial charge in [-0.15, -0.1) is 0 Å². The number of guanidine groups is 1. The molecule has 5 heteroatoms. The lowest BCUT2D eigenvalue weighted by Crippen LogP contribution is -2.48. The van der Waals surface area contributed by atoms with Gasteiger partial charge < -0.3 is 5.73 Å². The Morgan fingerprint density at radius 1 is 1.15 bits per heavy atom. The number of aromatic nitrogens is 2. The summed E-state index contributed by atoms with van der Waals surface area (Å²) in [5.41, 5.74) is 8.53. The number of hydrogen-bond donors (Lipinski definition) is 1. The topological polar surface area (TPSA) is 67.4 Å². The second-order valence-electron chi connectivity index (χ2n) is 5.11. The number of nitrogens with zero attached hydrogens (tertiary/aromatic N) is 4. The van der Waals surface area contributed by atoms with Crippen molar-refractivity contribution < 1.29 is 0 Å². The molecule has 1 atom stereocenters. The van der Waals surface area contributed by atoms with Crippen LogP contribution in [0.1, 0.15) is 18.3 Å². The first kappa shape index (κ1) is 12.6. The van der Waals surface area contributed by atoms with E-state index in [2.05, 4.69) is 21.9 Å². The smallest absolute Gasteiger partial charge is 0.196 e. The van der Waals surface area contributed by atoms with E-state index in [0.717, 1.165) is 17.1 Å². The quantitative estimate of drug-likeness (QED) is 0.901. The zero-order valence-electron chi connectivity index (χ0n) is 11.6. The highest BCUT2D eigenvalue weighted by Crippen LogP contribution is 2.36. The van der Waals surface area contributed by atoms with E-state index in [-0.39, 0.29) is 0 Å². The number of anilines is 1. The van der Waals surface area contributed by atoms with Crippen LogP contribution in [0.4, 0.5) is 5.69 Å². The van der Waals surface area contributed by atoms with Gasteiger partial charge in [0.05, 0.1) is 17.9 Å². The molecule has 2 aromatic rings. The molecule has 0 amide bonds. The van der Waals surface area contributed by atoms with Gasteiger partial charge >= 0.3 is 0 Å². The summed E-state index contributed by atoms with van der Waals surface area (Å²) >= 11 is 0. The molecular formula is C15H17N5. The number of para-hydroxylation sites is 1. The van der Waals surface area contributed by atoms with Crippen molar-refractivity contribution in [2.75, 3.05) is 11.4 Å². The Labute approximate surface area is 118 Å². The molecule has 2 heterocycles. The molecule has 1 aliphatic heterocycles. The molecule has 0 fully saturated rings. The van der Waals surface area contributed by atoms with Crippen LogP contribution in [0.5, 0.6) is 0 Å². The second-order valence-corrected chi connectivity index (χ2v) is 5.11. The van der Waals surface area contributed by atoms with Crippen LogP contribution in [-0.4, -0.2) is 22.5 Å². The molecule has 1 aromatic carbocycles. The van der Waals surface area contributed by atoms with Crippen LogP contribution in [0.15, 0.2) is 47.7 Å². The summed E-state index contributed by atoms with van der Waals surface area (Å²) < 4.78 is 0. The molecule has 5 nitrogen and oxygen atoms in total. The normalized spacial score (nSPS) is 21.9. The maximum atomic E-state index is 6.10. The Hall–Kier alpha value is -2.43. The largest absolute Gasteiger partial charge is 0.369 e. The highest BCUT2D eigenvalue weighted by Gasteiger charge is 2.42. The van der Waals surface area contributed by atoms with Crippen LogP contribution in [0.25, 0.3) is 0 Å². The third-order valence-corrected chi connectivity index (χ3v) is 3.68. The third kappa shape index (κ3) is 1.82. The molecule has 1 unspecified atom stereocenters. The van der Waals surface area contributed by atoms with Gasteiger partial charge in [-0.3, -0.25) is 19.9 Å². The highest BCUT2D eigenvalue weighted by atomic mass is 15.4. The average molecular weight is 267 g/mol. The minimum absolute atomic E-state index is 0.399. The average Bonchev–Trinajstić information content (AvgIpc) is 2.77. The van der Waals surface area contributed by atoms with Crippen molar-refractivity contribution in [3.8, 4) is 0 Å². The fourth-order valence-corrected chi connectivity index (χ4v) is 2.74. The molecule has 0 bridgehead atoms. The first-order valence-corrected chi connectivity index (χ1v) is 6.56. The van der Waals surface area contributed by atoms with E-state index >= 15 is 0 Å². The van der Waals surface area contributed by atoms with Crippen LogP contribution in [0.3, 0.4) is 0 Å². The molecule has 0 spiro atoms. The molecule has 0 radical (unpaired) electrons. The highest BCUT2D eigenvalue weighted by molar-refractivity contribution is 5.98. The predicted octanol–water partition coefficient (Wildman–Crippen LogP) is 1.84. The predicted molar refractivity (Wildman–Crippen MR) is 79.5 cm³/mol. The lowest BCUT2D eigenvalue weighted by atomic mass is 9.94. The number of hydrogen-bond acceptors (Lipinski definition) is 5. The second kappa shape index (κ2) is 4.59. The monoisotopic (exact) mass is 267 g/mol. The van der Waals surface area contributed by atoms with Gasteiger partial charge in [-0.1, -0.05) is 18.2 Å². The van der Waals surface area contributed by atoms with Gasteiger partial charge in [0.15, 0.2) is 5.96 Å². The van der Waals surface area contributed by atoms with Gasteiger partial charge in [0.25, 0.3) is 0 Å². The Morgan fingerprint density at radius 3 is 2.55 bits per heavy atom. The first-order valence-electron chi connectivity index (χ1n) is 6.56. The van der Waals surface area contributed by atoms with E-state index in [4.69, 9.17) is 5.73 Å². The van der Waals surface area contributed by atoms with Gasteiger partial charge in [0, 0.05) is 18.1 Å². The molecule has 0 saturated carbocycles. The van der Waals surface area contributed by atoms with Crippen molar-refractivity contribution in [1.29, 1.82) is 0 Å². The summed E-state index contributed by atoms with van der Waals surface area (Å²) in [5, 5.41) is 0. The first-order chi connectivity index (χ1) is 9.63. The van der Waals surface area contributed by atoms with Gasteiger partial charge in [-0.05, 0) is 26.0 Å². The van der Waals surface area contributed by atoms with Crippen molar-refractivity contribution in [2.24, 2.45) is 10.7 Å². The van der Waals surface area contributed by atoms with Crippen LogP contribution in [-0.2, 0) is 5.54 Å². The van der Waals surface area contributed by atoms with Crippen molar-refractivity contribution in [1.82, 2.24) is 9.97 Å². The zero-order valence-corrected chi connectivity index (χ0v) is 11.6. The van der Waals surface area contributed by atoms with Crippen molar-refractivity contribution >= 4 is 11.6 Å². The summed E-state index contributed by atoms with van der Waals surface area (Å²) in [7, 11) is 0. The number of aliphatic imine (C=N–C) groups is 1. The van der Waals surface area contributed by atoms with Crippen LogP contribution in [0.2, 0.25) is 0 Å². The SMILES string of the molecule is Cc1nccnc1C1(C)CN=C(N)N1c1ccccc1. The number of benzene rings is 1. The maximum Gasteiger partial charge on any atom is 0.196 e. The molecule has 20 heavy (non-hydrogen) atoms. The molecule has 102 valence electrons. The minimum atomic E-state index is -0.399. The maximum absolute atomic E-state index is 6.10. The van der Waals surface area contributed by atoms with Crippen molar-refractivity contribution in [3.63, 3.8) is 0 Å². The summed E-state index contributed by atoms with van der Waals surface area (Å²) in [6.45, 7) is 4.64. The molecule has 3 rings (SSSR count). The van der Waals surface area contributed by atoms with Crippen molar-refractivity contribution in [2.45, 2.75) is 19.4 Å². The fraction of sp³-hybridized carbons (Fsp3) is 0.267. The van der Waals surface area contributed by atoms with Crippen LogP contribution >= 0.6 is 0 Å². The van der Waals surface area contributed by atoms with Crippen LogP contribution in [0, 0.1) is 6.92 Å². The van der Waals surface area contributed by atoms with E-state index in [1.54, 1.807) is 12.4 Å². The van der Waals surface area contributed by atoms with Gasteiger partial charge in [-0.2, -0.15) is 0 Å². The minimum Gasteiger partial charge on any atom is -0.369 e. The summed E-state index contributed by atoms with van der Waals surface area (Å²) in [5.74, 6) is 0.517. The van der Waals surface area contributed by atoms with E-state index in [1.165, 1.54) is 0 Å². The van der Waals surface area contributed by atoms with E-state index < -0.39 is 5.54 Å². The van der Waals surface area contributed by atoms with E-state index in [9.17, 15) is 0 Å². The molecule has 2 N–H and O–H groups in total. The van der Waals surface area contributed by atoms with Crippen LogP contribution < -0.4 is 10.6 Å². The van der Waals surface area contributed by atoms with Gasteiger partial charge in [0.2, 0.25) is 0 Å². The Morgan fingerprint density at radius 2 is 1.85 bits per heavy atom. The molecule has 1 aliphatic rings. The summed E-state index contributed by atoms with van der Waals surface area (Å²) in [6.07, 6.45) is 3.42. The van der Waals surface area contributed by atoms with E-state index in [1.807, 2.05) is 42.2 Å². The van der Waals surface area contributed by atoms with Crippen molar-refractivity contribution in [3.05, 3.63) is 54.1 Å². The Kier molecular flexibility index (Phi) is 2.89. The lowest BCUT2D eigenvalue weighted by Gasteiger charge is -2.36. The Bertz CT molecular complexity index is 652.